The highest BCUT2D eigenvalue weighted by atomic mass is 32.2. The Labute approximate surface area is 183 Å². The Kier molecular flexibility index (Phi) is 6.71. The summed E-state index contributed by atoms with van der Waals surface area (Å²) < 4.78 is 32.8. The first-order chi connectivity index (χ1) is 15.2. The van der Waals surface area contributed by atoms with Crippen LogP contribution in [0.3, 0.4) is 0 Å². The SMILES string of the molecule is COc1ccc([N+](=O)[O-])cc1NS(=O)(=O)c1ccc(C(=O)Nc2cccc(CO)c2)cc1. The van der Waals surface area contributed by atoms with Crippen LogP contribution in [0.15, 0.2) is 71.6 Å². The molecule has 3 aromatic rings. The van der Waals surface area contributed by atoms with E-state index in [1.54, 1.807) is 24.3 Å². The first-order valence-electron chi connectivity index (χ1n) is 9.20. The van der Waals surface area contributed by atoms with Gasteiger partial charge in [-0.3, -0.25) is 19.6 Å². The number of nitrogens with zero attached hydrogens (tertiary/aromatic N) is 1. The Balaban J connectivity index is 1.79. The summed E-state index contributed by atoms with van der Waals surface area (Å²) in [4.78, 5) is 22.6. The number of aliphatic hydroxyl groups is 1. The maximum Gasteiger partial charge on any atom is 0.271 e. The van der Waals surface area contributed by atoms with E-state index in [4.69, 9.17) is 4.74 Å². The number of amides is 1. The van der Waals surface area contributed by atoms with Gasteiger partial charge in [-0.1, -0.05) is 12.1 Å². The van der Waals surface area contributed by atoms with Crippen LogP contribution in [0.4, 0.5) is 17.1 Å². The Morgan fingerprint density at radius 3 is 2.44 bits per heavy atom. The molecule has 3 aromatic carbocycles. The van der Waals surface area contributed by atoms with E-state index in [0.29, 0.717) is 11.3 Å². The number of nitrogens with one attached hydrogen (secondary N) is 2. The van der Waals surface area contributed by atoms with Crippen molar-refractivity contribution in [3.63, 3.8) is 0 Å². The van der Waals surface area contributed by atoms with Gasteiger partial charge in [0, 0.05) is 23.4 Å². The first-order valence-corrected chi connectivity index (χ1v) is 10.7. The predicted octanol–water partition coefficient (Wildman–Crippen LogP) is 3.15. The van der Waals surface area contributed by atoms with Crippen LogP contribution in [0.1, 0.15) is 15.9 Å². The molecule has 0 radical (unpaired) electrons. The third-order valence-electron chi connectivity index (χ3n) is 4.43. The Hall–Kier alpha value is -3.96. The second-order valence-electron chi connectivity index (χ2n) is 6.58. The molecule has 0 unspecified atom stereocenters. The minimum Gasteiger partial charge on any atom is -0.495 e. The van der Waals surface area contributed by atoms with Gasteiger partial charge in [0.2, 0.25) is 0 Å². The molecule has 0 atom stereocenters. The maximum absolute atomic E-state index is 12.7. The van der Waals surface area contributed by atoms with Crippen molar-refractivity contribution in [3.8, 4) is 5.75 Å². The van der Waals surface area contributed by atoms with Crippen LogP contribution in [0.25, 0.3) is 0 Å². The van der Waals surface area contributed by atoms with Gasteiger partial charge in [-0.05, 0) is 48.0 Å². The number of carbonyl (C=O) groups is 1. The minimum atomic E-state index is -4.11. The smallest absolute Gasteiger partial charge is 0.271 e. The molecule has 3 rings (SSSR count). The van der Waals surface area contributed by atoms with Gasteiger partial charge in [-0.15, -0.1) is 0 Å². The topological polar surface area (TPSA) is 148 Å². The normalized spacial score (nSPS) is 10.9. The predicted molar refractivity (Wildman–Crippen MR) is 117 cm³/mol. The third-order valence-corrected chi connectivity index (χ3v) is 5.81. The van der Waals surface area contributed by atoms with E-state index in [9.17, 15) is 28.4 Å². The number of aliphatic hydroxyl groups excluding tert-OH is 1. The number of non-ortho nitro benzene ring substituents is 1. The maximum atomic E-state index is 12.7. The number of carbonyl (C=O) groups excluding carboxylic acids is 1. The fourth-order valence-corrected chi connectivity index (χ4v) is 3.89. The van der Waals surface area contributed by atoms with E-state index in [-0.39, 0.29) is 34.2 Å². The molecule has 0 aliphatic heterocycles. The van der Waals surface area contributed by atoms with Crippen molar-refractivity contribution in [1.82, 2.24) is 0 Å². The van der Waals surface area contributed by atoms with Crippen LogP contribution < -0.4 is 14.8 Å². The summed E-state index contributed by atoms with van der Waals surface area (Å²) in [7, 11) is -2.80. The molecule has 1 amide bonds. The number of hydrogen-bond acceptors (Lipinski definition) is 7. The van der Waals surface area contributed by atoms with Crippen molar-refractivity contribution >= 4 is 33.0 Å². The molecule has 166 valence electrons. The number of hydrogen-bond donors (Lipinski definition) is 3. The second kappa shape index (κ2) is 9.45. The lowest BCUT2D eigenvalue weighted by molar-refractivity contribution is -0.384. The molecule has 0 fully saturated rings. The summed E-state index contributed by atoms with van der Waals surface area (Å²) in [6.07, 6.45) is 0. The van der Waals surface area contributed by atoms with E-state index in [2.05, 4.69) is 10.0 Å². The molecule has 3 N–H and O–H groups in total. The van der Waals surface area contributed by atoms with E-state index < -0.39 is 20.9 Å². The van der Waals surface area contributed by atoms with Crippen molar-refractivity contribution < 1.29 is 28.0 Å². The lowest BCUT2D eigenvalue weighted by Gasteiger charge is -2.12. The van der Waals surface area contributed by atoms with Gasteiger partial charge in [0.25, 0.3) is 21.6 Å². The van der Waals surface area contributed by atoms with Crippen LogP contribution in [0.5, 0.6) is 5.75 Å². The van der Waals surface area contributed by atoms with Gasteiger partial charge >= 0.3 is 0 Å². The molecule has 0 saturated carbocycles. The number of nitro groups is 1. The Bertz CT molecular complexity index is 1260. The fraction of sp³-hybridized carbons (Fsp3) is 0.0952. The van der Waals surface area contributed by atoms with Crippen molar-refractivity contribution in [1.29, 1.82) is 0 Å². The molecule has 32 heavy (non-hydrogen) atoms. The van der Waals surface area contributed by atoms with Gasteiger partial charge in [0.1, 0.15) is 5.75 Å². The zero-order valence-electron chi connectivity index (χ0n) is 16.8. The van der Waals surface area contributed by atoms with E-state index in [1.165, 1.54) is 43.5 Å². The highest BCUT2D eigenvalue weighted by Gasteiger charge is 2.20. The molecule has 0 aliphatic carbocycles. The molecule has 0 heterocycles. The van der Waals surface area contributed by atoms with Crippen LogP contribution in [0, 0.1) is 10.1 Å². The fourth-order valence-electron chi connectivity index (χ4n) is 2.83. The minimum absolute atomic E-state index is 0.0905. The average molecular weight is 457 g/mol. The number of rotatable bonds is 8. The molecular formula is C21H19N3O7S. The highest BCUT2D eigenvalue weighted by Crippen LogP contribution is 2.31. The van der Waals surface area contributed by atoms with Crippen LogP contribution >= 0.6 is 0 Å². The van der Waals surface area contributed by atoms with Crippen LogP contribution in [-0.4, -0.2) is 31.5 Å². The van der Waals surface area contributed by atoms with Crippen molar-refractivity contribution in [3.05, 3.63) is 88.0 Å². The van der Waals surface area contributed by atoms with Crippen molar-refractivity contribution in [2.75, 3.05) is 17.1 Å². The average Bonchev–Trinajstić information content (AvgIpc) is 2.79. The molecule has 0 bridgehead atoms. The molecule has 11 heteroatoms. The summed E-state index contributed by atoms with van der Waals surface area (Å²) >= 11 is 0. The molecule has 10 nitrogen and oxygen atoms in total. The summed E-state index contributed by atoms with van der Waals surface area (Å²) in [5, 5.41) is 22.8. The first kappa shape index (κ1) is 22.7. The number of sulfonamides is 1. The van der Waals surface area contributed by atoms with Gasteiger partial charge in [-0.2, -0.15) is 0 Å². The van der Waals surface area contributed by atoms with Gasteiger partial charge < -0.3 is 15.2 Å². The van der Waals surface area contributed by atoms with E-state index >= 15 is 0 Å². The largest absolute Gasteiger partial charge is 0.495 e. The highest BCUT2D eigenvalue weighted by molar-refractivity contribution is 7.92. The number of anilines is 2. The number of benzene rings is 3. The number of ether oxygens (including phenoxy) is 1. The molecule has 0 saturated heterocycles. The third kappa shape index (κ3) is 5.20. The monoisotopic (exact) mass is 457 g/mol. The molecular weight excluding hydrogens is 438 g/mol. The number of methoxy groups -OCH3 is 1. The van der Waals surface area contributed by atoms with Crippen LogP contribution in [-0.2, 0) is 16.6 Å². The zero-order chi connectivity index (χ0) is 23.3. The van der Waals surface area contributed by atoms with E-state index in [0.717, 1.165) is 6.07 Å². The summed E-state index contributed by atoms with van der Waals surface area (Å²) in [5.41, 5.74) is 0.934. The standard InChI is InChI=1S/C21H19N3O7S/c1-31-20-10-7-17(24(27)28)12-19(20)23-32(29,30)18-8-5-15(6-9-18)21(26)22-16-4-2-3-14(11-16)13-25/h2-12,23,25H,13H2,1H3,(H,22,26). The molecule has 0 spiro atoms. The number of nitro benzene ring substituents is 1. The van der Waals surface area contributed by atoms with Crippen molar-refractivity contribution in [2.45, 2.75) is 11.5 Å². The summed E-state index contributed by atoms with van der Waals surface area (Å²) in [6, 6.07) is 15.4. The van der Waals surface area contributed by atoms with Gasteiger partial charge in [0.15, 0.2) is 0 Å². The zero-order valence-corrected chi connectivity index (χ0v) is 17.6. The van der Waals surface area contributed by atoms with Gasteiger partial charge in [-0.25, -0.2) is 8.42 Å². The lowest BCUT2D eigenvalue weighted by atomic mass is 10.2. The molecule has 0 aromatic heterocycles. The Morgan fingerprint density at radius 2 is 1.81 bits per heavy atom. The van der Waals surface area contributed by atoms with Crippen molar-refractivity contribution in [2.24, 2.45) is 0 Å². The quantitative estimate of drug-likeness (QED) is 0.348. The lowest BCUT2D eigenvalue weighted by Crippen LogP contribution is -2.15. The van der Waals surface area contributed by atoms with E-state index in [1.807, 2.05) is 0 Å². The molecule has 0 aliphatic rings. The van der Waals surface area contributed by atoms with Gasteiger partial charge in [0.05, 0.1) is 29.2 Å². The second-order valence-corrected chi connectivity index (χ2v) is 8.27. The summed E-state index contributed by atoms with van der Waals surface area (Å²) in [5.74, 6) is -0.349. The van der Waals surface area contributed by atoms with Crippen LogP contribution in [0.2, 0.25) is 0 Å². The Morgan fingerprint density at radius 1 is 1.09 bits per heavy atom. The summed E-state index contributed by atoms with van der Waals surface area (Å²) in [6.45, 7) is -0.168.